The number of carbonyl (C=O) groups is 2. The Balaban J connectivity index is 1.81. The number of rotatable bonds is 2. The molecule has 2 amide bonds. The molecule has 36 heavy (non-hydrogen) atoms. The monoisotopic (exact) mass is 568 g/mol. The molecule has 9 nitrogen and oxygen atoms in total. The molecule has 3 heterocycles. The van der Waals surface area contributed by atoms with Gasteiger partial charge in [0.1, 0.15) is 27.2 Å². The van der Waals surface area contributed by atoms with E-state index in [1.807, 2.05) is 73.1 Å². The number of imidazole rings is 1. The van der Waals surface area contributed by atoms with Gasteiger partial charge < -0.3 is 24.0 Å². The van der Waals surface area contributed by atoms with Crippen LogP contribution in [0.4, 0.5) is 9.59 Å². The van der Waals surface area contributed by atoms with Crippen molar-refractivity contribution in [1.29, 1.82) is 0 Å². The summed E-state index contributed by atoms with van der Waals surface area (Å²) in [5.74, 6) is 0.747. The number of aromatic nitrogens is 2. The molecule has 1 fully saturated rings. The Hall–Kier alpha value is -2.07. The molecule has 1 saturated heterocycles. The number of likely N-dealkylation sites (tertiary alicyclic amines) is 1. The predicted octanol–water partition coefficient (Wildman–Crippen LogP) is 5.20. The van der Waals surface area contributed by atoms with Gasteiger partial charge in [0.25, 0.3) is 0 Å². The van der Waals surface area contributed by atoms with Crippen LogP contribution < -0.4 is 0 Å². The van der Waals surface area contributed by atoms with E-state index in [-0.39, 0.29) is 12.2 Å². The number of hydrogen-bond acceptors (Lipinski definition) is 6. The van der Waals surface area contributed by atoms with E-state index in [9.17, 15) is 14.7 Å². The van der Waals surface area contributed by atoms with Gasteiger partial charge >= 0.3 is 12.2 Å². The minimum absolute atomic E-state index is 0.337. The highest BCUT2D eigenvalue weighted by Crippen LogP contribution is 2.40. The second-order valence-corrected chi connectivity index (χ2v) is 13.1. The molecule has 10 heteroatoms. The van der Waals surface area contributed by atoms with E-state index >= 15 is 0 Å². The predicted molar refractivity (Wildman–Crippen MR) is 141 cm³/mol. The third kappa shape index (κ3) is 6.25. The van der Waals surface area contributed by atoms with Crippen LogP contribution in [0.1, 0.15) is 86.2 Å². The van der Waals surface area contributed by atoms with E-state index in [1.165, 1.54) is 0 Å². The van der Waals surface area contributed by atoms with Gasteiger partial charge in [-0.2, -0.15) is 0 Å². The van der Waals surface area contributed by atoms with Crippen LogP contribution in [0.3, 0.4) is 0 Å². The number of nitrogens with zero attached hydrogens (tertiary/aromatic N) is 4. The lowest BCUT2D eigenvalue weighted by Gasteiger charge is -2.41. The molecule has 0 radical (unpaired) electrons. The van der Waals surface area contributed by atoms with Gasteiger partial charge in [-0.3, -0.25) is 4.90 Å². The zero-order valence-electron chi connectivity index (χ0n) is 23.1. The molecule has 2 aliphatic rings. The second-order valence-electron chi connectivity index (χ2n) is 12.3. The largest absolute Gasteiger partial charge is 0.444 e. The van der Waals surface area contributed by atoms with Crippen LogP contribution in [0.5, 0.6) is 0 Å². The van der Waals surface area contributed by atoms with E-state index < -0.39 is 22.3 Å². The van der Waals surface area contributed by atoms with E-state index in [2.05, 4.69) is 15.9 Å². The third-order valence-corrected chi connectivity index (χ3v) is 7.02. The van der Waals surface area contributed by atoms with Gasteiger partial charge in [-0.15, -0.1) is 0 Å². The molecule has 0 spiro atoms. The van der Waals surface area contributed by atoms with Gasteiger partial charge in [0.2, 0.25) is 0 Å². The SMILES string of the molecule is Cn1c(C2=CC(C)(C)N(C(=O)OC(C)(C)C)CC2)nc(Br)c1C1(O)CCN(C(=O)OC(C)(C)C)CC1. The van der Waals surface area contributed by atoms with E-state index in [4.69, 9.17) is 14.5 Å². The van der Waals surface area contributed by atoms with Crippen molar-refractivity contribution in [2.24, 2.45) is 7.05 Å². The maximum atomic E-state index is 12.8. The summed E-state index contributed by atoms with van der Waals surface area (Å²) in [5, 5.41) is 11.6. The van der Waals surface area contributed by atoms with Crippen molar-refractivity contribution in [2.45, 2.75) is 97.0 Å². The molecule has 2 aliphatic heterocycles. The number of carbonyl (C=O) groups excluding carboxylic acids is 2. The van der Waals surface area contributed by atoms with E-state index in [1.54, 1.807) is 9.80 Å². The molecular formula is C26H41BrN4O5. The first-order chi connectivity index (χ1) is 16.3. The summed E-state index contributed by atoms with van der Waals surface area (Å²) < 4.78 is 13.6. The van der Waals surface area contributed by atoms with Crippen LogP contribution in [0.15, 0.2) is 10.7 Å². The van der Waals surface area contributed by atoms with Crippen LogP contribution in [0.2, 0.25) is 0 Å². The van der Waals surface area contributed by atoms with E-state index in [0.29, 0.717) is 49.2 Å². The molecule has 1 aromatic heterocycles. The fourth-order valence-electron chi connectivity index (χ4n) is 4.80. The fourth-order valence-corrected chi connectivity index (χ4v) is 5.60. The smallest absolute Gasteiger partial charge is 0.410 e. The summed E-state index contributed by atoms with van der Waals surface area (Å²) in [6.45, 7) is 16.3. The summed E-state index contributed by atoms with van der Waals surface area (Å²) in [6, 6.07) is 0. The number of halogens is 1. The summed E-state index contributed by atoms with van der Waals surface area (Å²) >= 11 is 3.58. The molecule has 0 bridgehead atoms. The van der Waals surface area contributed by atoms with Crippen LogP contribution in [0.25, 0.3) is 5.57 Å². The molecule has 202 valence electrons. The van der Waals surface area contributed by atoms with Crippen LogP contribution in [-0.4, -0.2) is 73.0 Å². The lowest BCUT2D eigenvalue weighted by atomic mass is 9.88. The summed E-state index contributed by atoms with van der Waals surface area (Å²) in [4.78, 5) is 33.4. The Morgan fingerprint density at radius 1 is 1.00 bits per heavy atom. The molecule has 0 unspecified atom stereocenters. The number of hydrogen-bond donors (Lipinski definition) is 1. The first-order valence-electron chi connectivity index (χ1n) is 12.5. The highest BCUT2D eigenvalue weighted by Gasteiger charge is 2.42. The second kappa shape index (κ2) is 9.67. The van der Waals surface area contributed by atoms with Gasteiger partial charge in [0.05, 0.1) is 11.2 Å². The normalized spacial score (nSPS) is 20.1. The molecule has 3 rings (SSSR count). The standard InChI is InChI=1S/C26H41BrN4O5/c1-23(2,3)35-21(32)30-14-11-26(34,12-15-30)18-19(27)28-20(29(18)9)17-10-13-31(25(7,8)16-17)22(33)36-24(4,5)6/h16,34H,10-15H2,1-9H3. The van der Waals surface area contributed by atoms with Crippen molar-refractivity contribution in [2.75, 3.05) is 19.6 Å². The number of piperidine rings is 1. The molecular weight excluding hydrogens is 528 g/mol. The quantitative estimate of drug-likeness (QED) is 0.526. The molecule has 0 saturated carbocycles. The average molecular weight is 570 g/mol. The van der Waals surface area contributed by atoms with Crippen molar-refractivity contribution in [1.82, 2.24) is 19.4 Å². The highest BCUT2D eigenvalue weighted by atomic mass is 79.9. The van der Waals surface area contributed by atoms with Gasteiger partial charge in [-0.1, -0.05) is 6.08 Å². The molecule has 0 aliphatic carbocycles. The fraction of sp³-hybridized carbons (Fsp3) is 0.731. The molecule has 0 atom stereocenters. The Morgan fingerprint density at radius 3 is 2.03 bits per heavy atom. The molecule has 1 N–H and O–H groups in total. The lowest BCUT2D eigenvalue weighted by molar-refractivity contribution is -0.0401. The number of ether oxygens (including phenoxy) is 2. The minimum atomic E-state index is -1.13. The Bertz CT molecular complexity index is 1040. The maximum absolute atomic E-state index is 12.8. The van der Waals surface area contributed by atoms with Gasteiger partial charge in [-0.25, -0.2) is 14.6 Å². The van der Waals surface area contributed by atoms with Crippen LogP contribution in [0, 0.1) is 0 Å². The van der Waals surface area contributed by atoms with Gasteiger partial charge in [0, 0.05) is 26.7 Å². The first kappa shape index (κ1) is 28.5. The average Bonchev–Trinajstić information content (AvgIpc) is 2.99. The van der Waals surface area contributed by atoms with Crippen molar-refractivity contribution in [3.8, 4) is 0 Å². The van der Waals surface area contributed by atoms with Crippen LogP contribution >= 0.6 is 15.9 Å². The topological polar surface area (TPSA) is 97.1 Å². The van der Waals surface area contributed by atoms with Gasteiger partial charge in [-0.05, 0) is 96.2 Å². The van der Waals surface area contributed by atoms with E-state index in [0.717, 1.165) is 11.4 Å². The summed E-state index contributed by atoms with van der Waals surface area (Å²) in [5.41, 5.74) is -1.13. The van der Waals surface area contributed by atoms with Crippen LogP contribution in [-0.2, 0) is 22.1 Å². The third-order valence-electron chi connectivity index (χ3n) is 6.46. The lowest BCUT2D eigenvalue weighted by Crippen LogP contribution is -2.51. The Kier molecular flexibility index (Phi) is 7.65. The van der Waals surface area contributed by atoms with Crippen molar-refractivity contribution in [3.63, 3.8) is 0 Å². The maximum Gasteiger partial charge on any atom is 0.410 e. The van der Waals surface area contributed by atoms with Gasteiger partial charge in [0.15, 0.2) is 0 Å². The molecule has 1 aromatic rings. The summed E-state index contributed by atoms with van der Waals surface area (Å²) in [7, 11) is 1.90. The zero-order valence-corrected chi connectivity index (χ0v) is 24.7. The Labute approximate surface area is 222 Å². The van der Waals surface area contributed by atoms with Crippen molar-refractivity contribution in [3.05, 3.63) is 22.2 Å². The zero-order chi connectivity index (χ0) is 27.3. The molecule has 0 aromatic carbocycles. The first-order valence-corrected chi connectivity index (χ1v) is 13.3. The summed E-state index contributed by atoms with van der Waals surface area (Å²) in [6.07, 6.45) is 2.72. The number of aliphatic hydroxyl groups is 1. The number of amides is 2. The highest BCUT2D eigenvalue weighted by molar-refractivity contribution is 9.10. The Morgan fingerprint density at radius 2 is 1.53 bits per heavy atom. The van der Waals surface area contributed by atoms with Crippen molar-refractivity contribution < 1.29 is 24.2 Å². The minimum Gasteiger partial charge on any atom is -0.444 e. The van der Waals surface area contributed by atoms with Crippen molar-refractivity contribution >= 4 is 33.7 Å².